The zero-order valence-electron chi connectivity index (χ0n) is 30.2. The third-order valence-corrected chi connectivity index (χ3v) is 9.91. The Bertz CT molecular complexity index is 517. The summed E-state index contributed by atoms with van der Waals surface area (Å²) in [6, 6.07) is 0. The van der Waals surface area contributed by atoms with Gasteiger partial charge in [-0.2, -0.15) is 0 Å². The molecule has 0 rings (SSSR count). The lowest BCUT2D eigenvalue weighted by molar-refractivity contribution is 0.113. The first kappa shape index (κ1) is 41.4. The molecule has 0 bridgehead atoms. The van der Waals surface area contributed by atoms with E-state index in [1.165, 1.54) is 199 Å². The van der Waals surface area contributed by atoms with E-state index in [0.717, 1.165) is 0 Å². The Morgan fingerprint density at radius 2 is 0.619 bits per heavy atom. The van der Waals surface area contributed by atoms with Crippen molar-refractivity contribution >= 4 is 0 Å². The Kier molecular flexibility index (Phi) is 32.9. The maximum Gasteiger partial charge on any atom is 0.0200 e. The molecule has 0 saturated heterocycles. The van der Waals surface area contributed by atoms with Crippen molar-refractivity contribution in [3.05, 3.63) is 24.3 Å². The van der Waals surface area contributed by atoms with Crippen LogP contribution in [-0.4, -0.2) is 24.5 Å². The smallest absolute Gasteiger partial charge is 0.0200 e. The number of allylic oxidation sites excluding steroid dienone is 4. The van der Waals surface area contributed by atoms with Crippen LogP contribution in [0.5, 0.6) is 0 Å². The minimum atomic E-state index is 0.432. The molecule has 0 fully saturated rings. The van der Waals surface area contributed by atoms with Crippen molar-refractivity contribution in [3.8, 4) is 0 Å². The highest BCUT2D eigenvalue weighted by Gasteiger charge is 2.29. The van der Waals surface area contributed by atoms with Crippen molar-refractivity contribution in [3.63, 3.8) is 0 Å². The molecule has 0 radical (unpaired) electrons. The molecule has 0 aromatic rings. The maximum absolute atomic E-state index is 2.57. The molecule has 0 aromatic heterocycles. The van der Waals surface area contributed by atoms with Gasteiger partial charge in [-0.1, -0.05) is 173 Å². The van der Waals surface area contributed by atoms with Crippen molar-refractivity contribution in [1.29, 1.82) is 0 Å². The number of hydrogen-bond donors (Lipinski definition) is 0. The summed E-state index contributed by atoms with van der Waals surface area (Å²) in [4.78, 5) is 2.57. The molecule has 0 atom stereocenters. The van der Waals surface area contributed by atoms with Crippen LogP contribution >= 0.6 is 0 Å². The van der Waals surface area contributed by atoms with E-state index in [4.69, 9.17) is 0 Å². The molecule has 0 N–H and O–H groups in total. The monoisotopic (exact) mass is 588 g/mol. The van der Waals surface area contributed by atoms with E-state index in [-0.39, 0.29) is 0 Å². The molecule has 0 unspecified atom stereocenters. The van der Waals surface area contributed by atoms with Crippen molar-refractivity contribution in [2.45, 2.75) is 225 Å². The molecule has 0 saturated carbocycles. The van der Waals surface area contributed by atoms with Gasteiger partial charge in [0.25, 0.3) is 0 Å². The molecule has 1 nitrogen and oxygen atoms in total. The molecule has 0 aliphatic heterocycles. The zero-order valence-corrected chi connectivity index (χ0v) is 30.2. The number of rotatable bonds is 34. The molecule has 0 aliphatic rings. The summed E-state index contributed by atoms with van der Waals surface area (Å²) in [5.74, 6) is 0. The average molecular weight is 588 g/mol. The van der Waals surface area contributed by atoms with Crippen LogP contribution in [0.4, 0.5) is 0 Å². The van der Waals surface area contributed by atoms with Gasteiger partial charge >= 0.3 is 0 Å². The third kappa shape index (κ3) is 27.0. The zero-order chi connectivity index (χ0) is 30.8. The van der Waals surface area contributed by atoms with E-state index in [2.05, 4.69) is 64.1 Å². The third-order valence-electron chi connectivity index (χ3n) is 9.91. The highest BCUT2D eigenvalue weighted by molar-refractivity contribution is 4.86. The summed E-state index contributed by atoms with van der Waals surface area (Å²) in [6.07, 6.45) is 53.0. The lowest BCUT2D eigenvalue weighted by atomic mass is 9.83. The Morgan fingerprint density at radius 1 is 0.357 bits per heavy atom. The molecular formula is C41H81N. The second-order valence-electron chi connectivity index (χ2n) is 13.8. The molecule has 0 aliphatic carbocycles. The highest BCUT2D eigenvalue weighted by atomic mass is 15.1. The van der Waals surface area contributed by atoms with Gasteiger partial charge in [0, 0.05) is 5.54 Å². The van der Waals surface area contributed by atoms with Crippen molar-refractivity contribution < 1.29 is 0 Å². The number of hydrogen-bond acceptors (Lipinski definition) is 1. The minimum Gasteiger partial charge on any atom is -0.304 e. The van der Waals surface area contributed by atoms with E-state index in [9.17, 15) is 0 Å². The average Bonchev–Trinajstić information content (AvgIpc) is 2.99. The van der Waals surface area contributed by atoms with Crippen LogP contribution < -0.4 is 0 Å². The van der Waals surface area contributed by atoms with Gasteiger partial charge in [0.2, 0.25) is 0 Å². The summed E-state index contributed by atoms with van der Waals surface area (Å²) in [5.41, 5.74) is 0.432. The highest BCUT2D eigenvalue weighted by Crippen LogP contribution is 2.31. The second kappa shape index (κ2) is 33.3. The van der Waals surface area contributed by atoms with Gasteiger partial charge in [-0.05, 0) is 84.7 Å². The molecule has 42 heavy (non-hydrogen) atoms. The fourth-order valence-corrected chi connectivity index (χ4v) is 6.65. The maximum atomic E-state index is 2.57. The summed E-state index contributed by atoms with van der Waals surface area (Å²) in [5, 5.41) is 0. The van der Waals surface area contributed by atoms with E-state index in [1.807, 2.05) is 0 Å². The first-order valence-corrected chi connectivity index (χ1v) is 19.6. The predicted molar refractivity (Wildman–Crippen MR) is 195 cm³/mol. The fraction of sp³-hybridized carbons (Fsp3) is 0.902. The molecule has 1 heteroatoms. The van der Waals surface area contributed by atoms with Crippen LogP contribution in [0, 0.1) is 0 Å². The molecule has 0 heterocycles. The lowest BCUT2D eigenvalue weighted by Crippen LogP contribution is -2.43. The lowest BCUT2D eigenvalue weighted by Gasteiger charge is -2.40. The first-order chi connectivity index (χ1) is 20.6. The number of nitrogens with zero attached hydrogens (tertiary/aromatic N) is 1. The Labute approximate surface area is 268 Å². The summed E-state index contributed by atoms with van der Waals surface area (Å²) in [7, 11) is 4.67. The van der Waals surface area contributed by atoms with Crippen LogP contribution in [0.25, 0.3) is 0 Å². The van der Waals surface area contributed by atoms with E-state index >= 15 is 0 Å². The summed E-state index contributed by atoms with van der Waals surface area (Å²) >= 11 is 0. The van der Waals surface area contributed by atoms with Crippen molar-refractivity contribution in [2.75, 3.05) is 14.1 Å². The van der Waals surface area contributed by atoms with E-state index in [0.29, 0.717) is 5.54 Å². The molecular weight excluding hydrogens is 506 g/mol. The first-order valence-electron chi connectivity index (χ1n) is 19.6. The summed E-state index contributed by atoms with van der Waals surface area (Å²) < 4.78 is 0. The minimum absolute atomic E-state index is 0.432. The Balaban J connectivity index is 3.73. The van der Waals surface area contributed by atoms with Gasteiger partial charge in [0.15, 0.2) is 0 Å². The van der Waals surface area contributed by atoms with Crippen molar-refractivity contribution in [2.24, 2.45) is 0 Å². The quantitative estimate of drug-likeness (QED) is 0.0534. The molecule has 250 valence electrons. The normalized spacial score (nSPS) is 13.7. The number of unbranched alkanes of at least 4 members (excludes halogenated alkanes) is 24. The Morgan fingerprint density at radius 3 is 0.881 bits per heavy atom. The van der Waals surface area contributed by atoms with Gasteiger partial charge in [0.05, 0.1) is 0 Å². The van der Waals surface area contributed by atoms with Gasteiger partial charge in [-0.15, -0.1) is 0 Å². The fourth-order valence-electron chi connectivity index (χ4n) is 6.65. The van der Waals surface area contributed by atoms with Crippen LogP contribution in [0.15, 0.2) is 24.3 Å². The standard InChI is InChI=1S/C41H81N/c1-6-9-11-13-15-17-19-21-23-25-27-29-31-33-35-37-39-41(8-3,42(4)5)40-38-36-34-32-30-28-26-24-22-20-18-16-14-12-10-7-2/h21-24H,6-20,25-40H2,1-5H3. The van der Waals surface area contributed by atoms with E-state index < -0.39 is 0 Å². The van der Waals surface area contributed by atoms with Crippen LogP contribution in [-0.2, 0) is 0 Å². The van der Waals surface area contributed by atoms with Crippen LogP contribution in [0.2, 0.25) is 0 Å². The van der Waals surface area contributed by atoms with Crippen molar-refractivity contribution in [1.82, 2.24) is 4.90 Å². The van der Waals surface area contributed by atoms with Crippen LogP contribution in [0.1, 0.15) is 220 Å². The molecule has 0 aromatic carbocycles. The largest absolute Gasteiger partial charge is 0.304 e. The van der Waals surface area contributed by atoms with Gasteiger partial charge in [-0.25, -0.2) is 0 Å². The SMILES string of the molecule is CCCCCCCCC=CCCCCCCCCC(CC)(CCCCCCCCC=CCCCCCCCC)N(C)C. The topological polar surface area (TPSA) is 3.24 Å². The van der Waals surface area contributed by atoms with E-state index in [1.54, 1.807) is 0 Å². The molecule has 0 amide bonds. The Hall–Kier alpha value is -0.560. The van der Waals surface area contributed by atoms with Crippen LogP contribution in [0.3, 0.4) is 0 Å². The second-order valence-corrected chi connectivity index (χ2v) is 13.8. The van der Waals surface area contributed by atoms with Gasteiger partial charge < -0.3 is 4.90 Å². The van der Waals surface area contributed by atoms with Gasteiger partial charge in [-0.3, -0.25) is 0 Å². The van der Waals surface area contributed by atoms with Gasteiger partial charge in [0.1, 0.15) is 0 Å². The predicted octanol–water partition coefficient (Wildman–Crippen LogP) is 14.6. The summed E-state index contributed by atoms with van der Waals surface area (Å²) in [6.45, 7) is 7.03. The molecule has 0 spiro atoms.